The molecule has 5 N–H and O–H groups in total. The van der Waals surface area contributed by atoms with Crippen LogP contribution in [-0.4, -0.2) is 44.1 Å². The van der Waals surface area contributed by atoms with Crippen LogP contribution in [-0.2, 0) is 6.61 Å². The number of hydrogen-bond donors (Lipinski definition) is 5. The van der Waals surface area contributed by atoms with E-state index in [1.165, 1.54) is 7.11 Å². The van der Waals surface area contributed by atoms with Crippen molar-refractivity contribution in [2.45, 2.75) is 37.5 Å². The van der Waals surface area contributed by atoms with Crippen molar-refractivity contribution in [3.63, 3.8) is 0 Å². The van der Waals surface area contributed by atoms with Gasteiger partial charge in [0.1, 0.15) is 5.82 Å². The number of anilines is 1. The topological polar surface area (TPSA) is 132 Å². The van der Waals surface area contributed by atoms with Crippen LogP contribution in [0.2, 0.25) is 0 Å². The Balaban J connectivity index is 1.57. The molecule has 2 heterocycles. The van der Waals surface area contributed by atoms with Crippen LogP contribution < -0.4 is 15.4 Å². The lowest BCUT2D eigenvalue weighted by atomic mass is 9.72. The third-order valence-electron chi connectivity index (χ3n) is 5.34. The van der Waals surface area contributed by atoms with Crippen LogP contribution in [0, 0.1) is 0 Å². The minimum Gasteiger partial charge on any atom is -0.479 e. The lowest BCUT2D eigenvalue weighted by Gasteiger charge is -2.43. The molecule has 4 rings (SSSR count). The number of urea groups is 1. The van der Waals surface area contributed by atoms with Crippen molar-refractivity contribution in [1.29, 1.82) is 0 Å². The van der Waals surface area contributed by atoms with Crippen LogP contribution in [0.25, 0.3) is 10.9 Å². The number of fused-ring (bicyclic) bond motifs is 1. The number of nitrogens with one attached hydrogen (secondary N) is 3. The number of aromatic amines is 1. The molecule has 1 saturated carbocycles. The first kappa shape index (κ1) is 19.2. The fraction of sp³-hybridized carbons (Fsp3) is 0.350. The molecule has 0 saturated heterocycles. The number of aromatic nitrogens is 3. The van der Waals surface area contributed by atoms with E-state index in [1.807, 2.05) is 30.3 Å². The molecule has 0 spiro atoms. The highest BCUT2D eigenvalue weighted by molar-refractivity contribution is 5.93. The summed E-state index contributed by atoms with van der Waals surface area (Å²) in [5.74, 6) is 0.571. The highest BCUT2D eigenvalue weighted by Gasteiger charge is 2.43. The average Bonchev–Trinajstić information content (AvgIpc) is 3.13. The molecule has 1 aliphatic rings. The monoisotopic (exact) mass is 397 g/mol. The molecule has 1 aliphatic carbocycles. The fourth-order valence-electron chi connectivity index (χ4n) is 3.70. The van der Waals surface area contributed by atoms with Gasteiger partial charge >= 0.3 is 6.03 Å². The van der Waals surface area contributed by atoms with E-state index < -0.39 is 17.7 Å². The van der Waals surface area contributed by atoms with Crippen molar-refractivity contribution in [3.8, 4) is 5.88 Å². The number of nitrogens with zero attached hydrogens (tertiary/aromatic N) is 2. The number of carbonyl (C=O) groups excluding carboxylic acids is 1. The maximum absolute atomic E-state index is 12.7. The van der Waals surface area contributed by atoms with E-state index in [2.05, 4.69) is 25.8 Å². The summed E-state index contributed by atoms with van der Waals surface area (Å²) < 4.78 is 5.17. The summed E-state index contributed by atoms with van der Waals surface area (Å²) in [6.45, 7) is -0.337. The predicted octanol–water partition coefficient (Wildman–Crippen LogP) is 2.24. The van der Waals surface area contributed by atoms with Crippen molar-refractivity contribution >= 4 is 22.8 Å². The average molecular weight is 397 g/mol. The maximum atomic E-state index is 12.7. The van der Waals surface area contributed by atoms with Crippen LogP contribution in [0.3, 0.4) is 0 Å². The van der Waals surface area contributed by atoms with Gasteiger partial charge in [-0.3, -0.25) is 10.4 Å². The molecule has 0 radical (unpaired) electrons. The van der Waals surface area contributed by atoms with E-state index in [0.29, 0.717) is 35.3 Å². The summed E-state index contributed by atoms with van der Waals surface area (Å²) in [6.07, 6.45) is 2.17. The molecule has 152 valence electrons. The zero-order valence-corrected chi connectivity index (χ0v) is 16.0. The van der Waals surface area contributed by atoms with Crippen molar-refractivity contribution in [1.82, 2.24) is 20.5 Å². The van der Waals surface area contributed by atoms with Crippen LogP contribution in [0.4, 0.5) is 10.6 Å². The Morgan fingerprint density at radius 2 is 2.10 bits per heavy atom. The number of aliphatic hydroxyl groups excluding tert-OH is 1. The van der Waals surface area contributed by atoms with Crippen molar-refractivity contribution in [2.24, 2.45) is 0 Å². The fourth-order valence-corrected chi connectivity index (χ4v) is 3.70. The Kier molecular flexibility index (Phi) is 5.08. The Morgan fingerprint density at radius 1 is 1.34 bits per heavy atom. The lowest BCUT2D eigenvalue weighted by molar-refractivity contribution is -0.0627. The first-order valence-corrected chi connectivity index (χ1v) is 9.42. The van der Waals surface area contributed by atoms with Crippen molar-refractivity contribution in [2.75, 3.05) is 12.4 Å². The quantitative estimate of drug-likeness (QED) is 0.433. The van der Waals surface area contributed by atoms with Gasteiger partial charge in [-0.25, -0.2) is 9.78 Å². The highest BCUT2D eigenvalue weighted by atomic mass is 16.5. The molecule has 1 atom stereocenters. The summed E-state index contributed by atoms with van der Waals surface area (Å²) in [6, 6.07) is 9.97. The van der Waals surface area contributed by atoms with Crippen molar-refractivity contribution in [3.05, 3.63) is 47.7 Å². The van der Waals surface area contributed by atoms with Gasteiger partial charge in [0.2, 0.25) is 5.88 Å². The molecule has 2 amide bonds. The molecule has 9 heteroatoms. The van der Waals surface area contributed by atoms with Crippen LogP contribution in [0.5, 0.6) is 5.88 Å². The SMILES string of the molecule is COc1n[nH]c2cc(NC(=O)N[C@@H](c3ccccc3)C3(O)CCC3)nc(CO)c12. The predicted molar refractivity (Wildman–Crippen MR) is 107 cm³/mol. The van der Waals surface area contributed by atoms with Gasteiger partial charge in [-0.2, -0.15) is 0 Å². The standard InChI is InChI=1S/C20H23N5O4/c1-29-18-16-13(24-25-18)10-15(21-14(16)11-26)22-19(27)23-17(20(28)8-5-9-20)12-6-3-2-4-7-12/h2-4,6-7,10,17,26,28H,5,8-9,11H2,1H3,(H,24,25)(H2,21,22,23,27)/t17-/m0/s1. The molecular weight excluding hydrogens is 374 g/mol. The van der Waals surface area contributed by atoms with Crippen LogP contribution in [0.1, 0.15) is 36.6 Å². The zero-order chi connectivity index (χ0) is 20.4. The molecule has 0 bridgehead atoms. The lowest BCUT2D eigenvalue weighted by Crippen LogP contribution is -2.51. The second kappa shape index (κ2) is 7.69. The minimum atomic E-state index is -0.969. The Hall–Kier alpha value is -3.17. The van der Waals surface area contributed by atoms with E-state index in [9.17, 15) is 15.0 Å². The van der Waals surface area contributed by atoms with E-state index in [4.69, 9.17) is 4.74 Å². The van der Waals surface area contributed by atoms with Gasteiger partial charge < -0.3 is 20.3 Å². The maximum Gasteiger partial charge on any atom is 0.320 e. The van der Waals surface area contributed by atoms with Crippen LogP contribution in [0.15, 0.2) is 36.4 Å². The molecule has 0 aliphatic heterocycles. The first-order valence-electron chi connectivity index (χ1n) is 9.42. The van der Waals surface area contributed by atoms with E-state index in [0.717, 1.165) is 12.0 Å². The number of carbonyl (C=O) groups is 1. The first-order chi connectivity index (χ1) is 14.0. The zero-order valence-electron chi connectivity index (χ0n) is 16.0. The largest absolute Gasteiger partial charge is 0.479 e. The summed E-state index contributed by atoms with van der Waals surface area (Å²) in [4.78, 5) is 17.0. The molecule has 3 aromatic rings. The second-order valence-electron chi connectivity index (χ2n) is 7.17. The van der Waals surface area contributed by atoms with Gasteiger partial charge in [-0.05, 0) is 24.8 Å². The van der Waals surface area contributed by atoms with Crippen molar-refractivity contribution < 1.29 is 19.7 Å². The van der Waals surface area contributed by atoms with E-state index >= 15 is 0 Å². The normalized spacial score (nSPS) is 16.1. The number of H-pyrrole nitrogens is 1. The molecule has 9 nitrogen and oxygen atoms in total. The summed E-state index contributed by atoms with van der Waals surface area (Å²) in [5.41, 5.74) is 0.778. The smallest absolute Gasteiger partial charge is 0.320 e. The number of amides is 2. The molecule has 2 aromatic heterocycles. The van der Waals surface area contributed by atoms with Crippen LogP contribution >= 0.6 is 0 Å². The summed E-state index contributed by atoms with van der Waals surface area (Å²) in [7, 11) is 1.48. The molecule has 29 heavy (non-hydrogen) atoms. The van der Waals surface area contributed by atoms with E-state index in [1.54, 1.807) is 6.07 Å². The Labute approximate surface area is 167 Å². The van der Waals surface area contributed by atoms with Gasteiger partial charge in [0, 0.05) is 6.07 Å². The van der Waals surface area contributed by atoms with Gasteiger partial charge in [0.15, 0.2) is 0 Å². The minimum absolute atomic E-state index is 0.248. The Bertz CT molecular complexity index is 1020. The number of ether oxygens (including phenoxy) is 1. The summed E-state index contributed by atoms with van der Waals surface area (Å²) in [5, 5.41) is 33.5. The van der Waals surface area contributed by atoms with E-state index in [-0.39, 0.29) is 12.4 Å². The number of aliphatic hydroxyl groups is 2. The number of pyridine rings is 1. The molecule has 1 aromatic carbocycles. The molecule has 1 fully saturated rings. The summed E-state index contributed by atoms with van der Waals surface area (Å²) >= 11 is 0. The van der Waals surface area contributed by atoms with Gasteiger partial charge in [0.05, 0.1) is 42.0 Å². The Morgan fingerprint density at radius 3 is 2.72 bits per heavy atom. The number of hydrogen-bond acceptors (Lipinski definition) is 6. The number of rotatable bonds is 6. The van der Waals surface area contributed by atoms with Gasteiger partial charge in [-0.15, -0.1) is 5.10 Å². The molecular formula is C20H23N5O4. The third kappa shape index (κ3) is 3.62. The number of methoxy groups -OCH3 is 1. The van der Waals surface area contributed by atoms with Gasteiger partial charge in [-0.1, -0.05) is 30.3 Å². The van der Waals surface area contributed by atoms with Gasteiger partial charge in [0.25, 0.3) is 0 Å². The molecule has 0 unspecified atom stereocenters. The highest BCUT2D eigenvalue weighted by Crippen LogP contribution is 2.42. The second-order valence-corrected chi connectivity index (χ2v) is 7.17. The third-order valence-corrected chi connectivity index (χ3v) is 5.34. The number of benzene rings is 1.